The summed E-state index contributed by atoms with van der Waals surface area (Å²) in [6, 6.07) is 0. The first kappa shape index (κ1) is 10.2. The van der Waals surface area contributed by atoms with Gasteiger partial charge in [-0.1, -0.05) is 18.7 Å². The van der Waals surface area contributed by atoms with E-state index in [2.05, 4.69) is 11.9 Å². The summed E-state index contributed by atoms with van der Waals surface area (Å²) in [7, 11) is 1.63. The van der Waals surface area contributed by atoms with Gasteiger partial charge in [0.1, 0.15) is 0 Å². The zero-order valence-corrected chi connectivity index (χ0v) is 7.99. The summed E-state index contributed by atoms with van der Waals surface area (Å²) in [4.78, 5) is 23.9. The molecule has 2 amide bonds. The summed E-state index contributed by atoms with van der Waals surface area (Å²) in [6.45, 7) is 3.55. The fourth-order valence-corrected chi connectivity index (χ4v) is 1.03. The van der Waals surface area contributed by atoms with Crippen LogP contribution in [0.25, 0.3) is 0 Å². The Morgan fingerprint density at radius 2 is 2.29 bits per heavy atom. The number of amides is 2. The van der Waals surface area contributed by atoms with Crippen LogP contribution in [0.5, 0.6) is 0 Å². The second-order valence-corrected chi connectivity index (χ2v) is 2.83. The van der Waals surface area contributed by atoms with Crippen LogP contribution in [0.15, 0.2) is 36.6 Å². The molecule has 0 bridgehead atoms. The molecule has 0 spiro atoms. The predicted molar refractivity (Wildman–Crippen MR) is 53.2 cm³/mol. The number of rotatable bonds is 2. The molecule has 1 rings (SSSR count). The van der Waals surface area contributed by atoms with E-state index in [0.29, 0.717) is 5.70 Å². The van der Waals surface area contributed by atoms with Crippen molar-refractivity contribution in [2.75, 3.05) is 13.6 Å². The molecule has 14 heavy (non-hydrogen) atoms. The Labute approximate surface area is 82.6 Å². The molecule has 0 radical (unpaired) electrons. The maximum Gasteiger partial charge on any atom is 0.246 e. The van der Waals surface area contributed by atoms with E-state index < -0.39 is 0 Å². The number of carbonyl (C=O) groups is 2. The second-order valence-electron chi connectivity index (χ2n) is 2.83. The highest BCUT2D eigenvalue weighted by Gasteiger charge is 2.16. The number of hydrogen-bond donors (Lipinski definition) is 1. The van der Waals surface area contributed by atoms with E-state index in [1.807, 2.05) is 0 Å². The minimum absolute atomic E-state index is 0.0390. The number of nitrogens with one attached hydrogen (secondary N) is 1. The summed E-state index contributed by atoms with van der Waals surface area (Å²) in [5.41, 5.74) is 0.560. The molecular formula is C10H12N2O2. The molecule has 0 aromatic rings. The molecular weight excluding hydrogens is 180 g/mol. The second kappa shape index (κ2) is 4.41. The van der Waals surface area contributed by atoms with Crippen molar-refractivity contribution in [3.8, 4) is 0 Å². The van der Waals surface area contributed by atoms with Crippen LogP contribution >= 0.6 is 0 Å². The monoisotopic (exact) mass is 192 g/mol. The third-order valence-corrected chi connectivity index (χ3v) is 1.86. The van der Waals surface area contributed by atoms with Crippen molar-refractivity contribution >= 4 is 11.8 Å². The highest BCUT2D eigenvalue weighted by Crippen LogP contribution is 2.06. The first-order valence-corrected chi connectivity index (χ1v) is 4.20. The van der Waals surface area contributed by atoms with Crippen LogP contribution in [-0.4, -0.2) is 30.3 Å². The van der Waals surface area contributed by atoms with E-state index in [4.69, 9.17) is 0 Å². The third-order valence-electron chi connectivity index (χ3n) is 1.86. The van der Waals surface area contributed by atoms with Crippen LogP contribution in [0.3, 0.4) is 0 Å². The van der Waals surface area contributed by atoms with Gasteiger partial charge in [-0.2, -0.15) is 0 Å². The molecule has 4 heteroatoms. The van der Waals surface area contributed by atoms with Crippen molar-refractivity contribution in [1.29, 1.82) is 0 Å². The Morgan fingerprint density at radius 1 is 1.57 bits per heavy atom. The summed E-state index contributed by atoms with van der Waals surface area (Å²) in [6.07, 6.45) is 6.30. The zero-order chi connectivity index (χ0) is 10.6. The first-order chi connectivity index (χ1) is 6.65. The molecule has 0 aliphatic carbocycles. The largest absolute Gasteiger partial charge is 0.343 e. The van der Waals surface area contributed by atoms with E-state index >= 15 is 0 Å². The standard InChI is InChI=1S/C10H12N2O2/c1-3-4-5-8-6-9(13)11-7-10(14)12(8)2/h3-6H,1,7H2,2H3,(H,11,13)/b5-4-. The van der Waals surface area contributed by atoms with Crippen molar-refractivity contribution in [2.45, 2.75) is 0 Å². The summed E-state index contributed by atoms with van der Waals surface area (Å²) < 4.78 is 0. The molecule has 1 N–H and O–H groups in total. The molecule has 0 aromatic carbocycles. The topological polar surface area (TPSA) is 49.4 Å². The molecule has 74 valence electrons. The average Bonchev–Trinajstić information content (AvgIpc) is 2.29. The number of allylic oxidation sites excluding steroid dienone is 3. The van der Waals surface area contributed by atoms with Crippen molar-refractivity contribution in [2.24, 2.45) is 0 Å². The minimum Gasteiger partial charge on any atom is -0.343 e. The van der Waals surface area contributed by atoms with Gasteiger partial charge in [-0.15, -0.1) is 0 Å². The highest BCUT2D eigenvalue weighted by atomic mass is 16.2. The maximum absolute atomic E-state index is 11.3. The van der Waals surface area contributed by atoms with E-state index in [1.165, 1.54) is 11.0 Å². The van der Waals surface area contributed by atoms with E-state index in [1.54, 1.807) is 25.3 Å². The van der Waals surface area contributed by atoms with Gasteiger partial charge in [0, 0.05) is 18.8 Å². The van der Waals surface area contributed by atoms with Crippen LogP contribution in [-0.2, 0) is 9.59 Å². The average molecular weight is 192 g/mol. The molecule has 0 fully saturated rings. The van der Waals surface area contributed by atoms with Gasteiger partial charge in [0.05, 0.1) is 6.54 Å². The fraction of sp³-hybridized carbons (Fsp3) is 0.200. The molecule has 0 atom stereocenters. The lowest BCUT2D eigenvalue weighted by atomic mass is 10.3. The normalized spacial score (nSPS) is 17.8. The molecule has 1 aliphatic heterocycles. The van der Waals surface area contributed by atoms with Gasteiger partial charge in [-0.3, -0.25) is 9.59 Å². The molecule has 0 aromatic heterocycles. The van der Waals surface area contributed by atoms with Crippen LogP contribution < -0.4 is 5.32 Å². The number of likely N-dealkylation sites (N-methyl/N-ethyl adjacent to an activating group) is 1. The highest BCUT2D eigenvalue weighted by molar-refractivity contribution is 5.95. The van der Waals surface area contributed by atoms with E-state index in [0.717, 1.165) is 0 Å². The Balaban J connectivity index is 2.95. The van der Waals surface area contributed by atoms with Crippen molar-refractivity contribution < 1.29 is 9.59 Å². The number of carbonyl (C=O) groups excluding carboxylic acids is 2. The Kier molecular flexibility index (Phi) is 3.23. The van der Waals surface area contributed by atoms with Crippen molar-refractivity contribution in [3.63, 3.8) is 0 Å². The molecule has 0 unspecified atom stereocenters. The number of nitrogens with zero attached hydrogens (tertiary/aromatic N) is 1. The third kappa shape index (κ3) is 2.32. The molecule has 1 aliphatic rings. The SMILES string of the molecule is C=C/C=C\C1=CC(=O)NCC(=O)N1C. The van der Waals surface area contributed by atoms with E-state index in [9.17, 15) is 9.59 Å². The first-order valence-electron chi connectivity index (χ1n) is 4.20. The Bertz CT molecular complexity index is 329. The van der Waals surface area contributed by atoms with Crippen molar-refractivity contribution in [3.05, 3.63) is 36.6 Å². The minimum atomic E-state index is -0.258. The van der Waals surface area contributed by atoms with Gasteiger partial charge in [0.2, 0.25) is 11.8 Å². The van der Waals surface area contributed by atoms with Gasteiger partial charge >= 0.3 is 0 Å². The smallest absolute Gasteiger partial charge is 0.246 e. The lowest BCUT2D eigenvalue weighted by Gasteiger charge is -2.14. The van der Waals surface area contributed by atoms with Gasteiger partial charge in [-0.25, -0.2) is 0 Å². The summed E-state index contributed by atoms with van der Waals surface area (Å²) in [5.74, 6) is -0.401. The number of hydrogen-bond acceptors (Lipinski definition) is 2. The van der Waals surface area contributed by atoms with Gasteiger partial charge < -0.3 is 10.2 Å². The lowest BCUT2D eigenvalue weighted by Crippen LogP contribution is -2.32. The summed E-state index contributed by atoms with van der Waals surface area (Å²) >= 11 is 0. The Morgan fingerprint density at radius 3 is 2.93 bits per heavy atom. The predicted octanol–water partition coefficient (Wildman–Crippen LogP) is 0.201. The molecule has 4 nitrogen and oxygen atoms in total. The van der Waals surface area contributed by atoms with Crippen molar-refractivity contribution in [1.82, 2.24) is 10.2 Å². The Hall–Kier alpha value is -1.84. The maximum atomic E-state index is 11.3. The quantitative estimate of drug-likeness (QED) is 0.635. The lowest BCUT2D eigenvalue weighted by molar-refractivity contribution is -0.128. The van der Waals surface area contributed by atoms with Crippen LogP contribution in [0.4, 0.5) is 0 Å². The zero-order valence-electron chi connectivity index (χ0n) is 7.99. The van der Waals surface area contributed by atoms with Crippen LogP contribution in [0.2, 0.25) is 0 Å². The molecule has 0 saturated heterocycles. The fourth-order valence-electron chi connectivity index (χ4n) is 1.03. The summed E-state index contributed by atoms with van der Waals surface area (Å²) in [5, 5.41) is 2.46. The van der Waals surface area contributed by atoms with Crippen LogP contribution in [0, 0.1) is 0 Å². The molecule has 1 heterocycles. The van der Waals surface area contributed by atoms with Gasteiger partial charge in [-0.05, 0) is 6.08 Å². The van der Waals surface area contributed by atoms with Crippen LogP contribution in [0.1, 0.15) is 0 Å². The van der Waals surface area contributed by atoms with Gasteiger partial charge in [0.25, 0.3) is 0 Å². The van der Waals surface area contributed by atoms with E-state index in [-0.39, 0.29) is 18.4 Å². The molecule has 0 saturated carbocycles. The van der Waals surface area contributed by atoms with Gasteiger partial charge in [0.15, 0.2) is 0 Å².